The van der Waals surface area contributed by atoms with Crippen molar-refractivity contribution in [1.29, 1.82) is 0 Å². The zero-order valence-electron chi connectivity index (χ0n) is 17.5. The van der Waals surface area contributed by atoms with Gasteiger partial charge in [0.1, 0.15) is 0 Å². The molecule has 0 unspecified atom stereocenters. The molecule has 1 heteroatoms. The smallest absolute Gasteiger partial charge is 0.0447 e. The number of hydrogen-bond donors (Lipinski definition) is 0. The van der Waals surface area contributed by atoms with Gasteiger partial charge in [-0.15, -0.1) is 0 Å². The predicted octanol–water partition coefficient (Wildman–Crippen LogP) is 6.70. The third kappa shape index (κ3) is 3.27. The average Bonchev–Trinajstić information content (AvgIpc) is 2.82. The van der Waals surface area contributed by atoms with E-state index in [1.54, 1.807) is 0 Å². The van der Waals surface area contributed by atoms with E-state index in [9.17, 15) is 0 Å². The first-order valence-corrected chi connectivity index (χ1v) is 9.65. The van der Waals surface area contributed by atoms with E-state index in [-0.39, 0.29) is 10.8 Å². The Bertz CT molecular complexity index is 925. The zero-order valence-corrected chi connectivity index (χ0v) is 17.5. The van der Waals surface area contributed by atoms with Gasteiger partial charge in [-0.2, -0.15) is 0 Å². The second-order valence-electron chi connectivity index (χ2n) is 8.58. The van der Waals surface area contributed by atoms with E-state index >= 15 is 0 Å². The molecule has 0 spiro atoms. The second kappa shape index (κ2) is 6.88. The van der Waals surface area contributed by atoms with Crippen molar-refractivity contribution in [3.8, 4) is 0 Å². The fourth-order valence-electron chi connectivity index (χ4n) is 4.21. The number of para-hydroxylation sites is 1. The highest BCUT2D eigenvalue weighted by atomic mass is 15.2. The molecule has 0 atom stereocenters. The molecule has 0 bridgehead atoms. The largest absolute Gasteiger partial charge is 0.347 e. The van der Waals surface area contributed by atoms with Crippen molar-refractivity contribution in [2.45, 2.75) is 45.4 Å². The first-order chi connectivity index (χ1) is 12.7. The average molecular weight is 358 g/mol. The van der Waals surface area contributed by atoms with Crippen LogP contribution in [0.25, 0.3) is 0 Å². The molecule has 140 valence electrons. The minimum atomic E-state index is -0.0968. The molecule has 0 saturated carbocycles. The molecule has 1 heterocycles. The Hall–Kier alpha value is -2.54. The van der Waals surface area contributed by atoms with Gasteiger partial charge in [0.05, 0.1) is 0 Å². The van der Waals surface area contributed by atoms with E-state index in [0.717, 1.165) is 5.57 Å². The van der Waals surface area contributed by atoms with E-state index in [1.807, 2.05) is 0 Å². The quantitative estimate of drug-likeness (QED) is 0.551. The predicted molar refractivity (Wildman–Crippen MR) is 118 cm³/mol. The molecule has 0 saturated heterocycles. The van der Waals surface area contributed by atoms with Crippen LogP contribution in [-0.2, 0) is 10.8 Å². The van der Waals surface area contributed by atoms with Gasteiger partial charge in [-0.3, -0.25) is 0 Å². The van der Waals surface area contributed by atoms with Crippen molar-refractivity contribution < 1.29 is 0 Å². The molecule has 1 aliphatic rings. The monoisotopic (exact) mass is 357 g/mol. The van der Waals surface area contributed by atoms with Gasteiger partial charge in [0.25, 0.3) is 0 Å². The maximum absolute atomic E-state index is 4.37. The molecular weight excluding hydrogens is 326 g/mol. The van der Waals surface area contributed by atoms with Crippen molar-refractivity contribution in [1.82, 2.24) is 0 Å². The number of allylic oxidation sites excluding steroid dienone is 5. The number of hydrogen-bond acceptors (Lipinski definition) is 1. The van der Waals surface area contributed by atoms with Gasteiger partial charge in [-0.05, 0) is 41.3 Å². The Morgan fingerprint density at radius 2 is 1.67 bits per heavy atom. The van der Waals surface area contributed by atoms with E-state index < -0.39 is 0 Å². The lowest BCUT2D eigenvalue weighted by atomic mass is 9.76. The third-order valence-electron chi connectivity index (χ3n) is 6.11. The molecule has 0 amide bonds. The minimum absolute atomic E-state index is 0.00253. The summed E-state index contributed by atoms with van der Waals surface area (Å²) in [6.45, 7) is 15.6. The number of rotatable bonds is 4. The number of aryl methyl sites for hydroxylation is 1. The summed E-state index contributed by atoms with van der Waals surface area (Å²) >= 11 is 0. The Kier molecular flexibility index (Phi) is 4.90. The van der Waals surface area contributed by atoms with E-state index in [4.69, 9.17) is 0 Å². The van der Waals surface area contributed by atoms with Crippen molar-refractivity contribution >= 4 is 5.69 Å². The van der Waals surface area contributed by atoms with Crippen LogP contribution in [0.1, 0.15) is 44.4 Å². The summed E-state index contributed by atoms with van der Waals surface area (Å²) in [5.41, 5.74) is 7.64. The highest BCUT2D eigenvalue weighted by Crippen LogP contribution is 2.46. The second-order valence-corrected chi connectivity index (χ2v) is 8.58. The van der Waals surface area contributed by atoms with E-state index in [0.29, 0.717) is 0 Å². The van der Waals surface area contributed by atoms with Crippen molar-refractivity contribution in [2.24, 2.45) is 0 Å². The molecule has 3 rings (SSSR count). The standard InChI is InChI=1S/C26H31N/c1-19-13-8-9-15-21(19)25(3,4)20(2)14-12-18-24-26(5,6)22-16-10-11-17-23(22)27(24)7/h8-18H,2H2,1,3-7H3/b14-12+,24-18+. The van der Waals surface area contributed by atoms with Crippen LogP contribution in [0.15, 0.2) is 84.6 Å². The zero-order chi connectivity index (χ0) is 19.8. The van der Waals surface area contributed by atoms with Crippen LogP contribution < -0.4 is 4.90 Å². The lowest BCUT2D eigenvalue weighted by molar-refractivity contribution is 0.635. The fourth-order valence-corrected chi connectivity index (χ4v) is 4.21. The molecule has 0 aliphatic carbocycles. The SMILES string of the molecule is C=C(/C=C/C=C1/N(C)c2ccccc2C1(C)C)C(C)(C)c1ccccc1C. The molecule has 0 radical (unpaired) electrons. The van der Waals surface area contributed by atoms with Crippen LogP contribution in [0.5, 0.6) is 0 Å². The summed E-state index contributed by atoms with van der Waals surface area (Å²) in [5, 5.41) is 0. The minimum Gasteiger partial charge on any atom is -0.347 e. The summed E-state index contributed by atoms with van der Waals surface area (Å²) in [6.07, 6.45) is 6.55. The normalized spacial score (nSPS) is 17.6. The van der Waals surface area contributed by atoms with Crippen LogP contribution in [0.3, 0.4) is 0 Å². The number of benzene rings is 2. The fraction of sp³-hybridized carbons (Fsp3) is 0.308. The number of anilines is 1. The lowest BCUT2D eigenvalue weighted by Gasteiger charge is -2.28. The van der Waals surface area contributed by atoms with Crippen LogP contribution in [0.4, 0.5) is 5.69 Å². The van der Waals surface area contributed by atoms with E-state index in [2.05, 4.69) is 120 Å². The number of fused-ring (bicyclic) bond motifs is 1. The van der Waals surface area contributed by atoms with Gasteiger partial charge in [0.15, 0.2) is 0 Å². The summed E-state index contributed by atoms with van der Waals surface area (Å²) in [5.74, 6) is 0. The highest BCUT2D eigenvalue weighted by molar-refractivity contribution is 5.70. The molecule has 0 N–H and O–H groups in total. The Balaban J connectivity index is 1.87. The summed E-state index contributed by atoms with van der Waals surface area (Å²) in [6, 6.07) is 17.2. The molecule has 0 fully saturated rings. The Labute approximate surface area is 164 Å². The van der Waals surface area contributed by atoms with Gasteiger partial charge < -0.3 is 4.90 Å². The summed E-state index contributed by atoms with van der Waals surface area (Å²) < 4.78 is 0. The topological polar surface area (TPSA) is 3.24 Å². The maximum atomic E-state index is 4.37. The molecule has 2 aromatic carbocycles. The molecule has 1 nitrogen and oxygen atoms in total. The highest BCUT2D eigenvalue weighted by Gasteiger charge is 2.37. The summed E-state index contributed by atoms with van der Waals surface area (Å²) in [4.78, 5) is 2.30. The maximum Gasteiger partial charge on any atom is 0.0447 e. The molecule has 2 aromatic rings. The van der Waals surface area contributed by atoms with Crippen LogP contribution in [-0.4, -0.2) is 7.05 Å². The molecule has 0 aromatic heterocycles. The van der Waals surface area contributed by atoms with Crippen molar-refractivity contribution in [2.75, 3.05) is 11.9 Å². The summed E-state index contributed by atoms with van der Waals surface area (Å²) in [7, 11) is 2.15. The van der Waals surface area contributed by atoms with Gasteiger partial charge in [0.2, 0.25) is 0 Å². The van der Waals surface area contributed by atoms with Crippen LogP contribution in [0.2, 0.25) is 0 Å². The van der Waals surface area contributed by atoms with Gasteiger partial charge >= 0.3 is 0 Å². The first kappa shape index (κ1) is 19.2. The van der Waals surface area contributed by atoms with Gasteiger partial charge in [-0.25, -0.2) is 0 Å². The van der Waals surface area contributed by atoms with Crippen LogP contribution >= 0.6 is 0 Å². The van der Waals surface area contributed by atoms with Crippen LogP contribution in [0, 0.1) is 6.92 Å². The number of likely N-dealkylation sites (N-methyl/N-ethyl adjacent to an activating group) is 1. The first-order valence-electron chi connectivity index (χ1n) is 9.65. The number of nitrogens with zero attached hydrogens (tertiary/aromatic N) is 1. The van der Waals surface area contributed by atoms with Gasteiger partial charge in [-0.1, -0.05) is 88.9 Å². The Morgan fingerprint density at radius 1 is 1.04 bits per heavy atom. The Morgan fingerprint density at radius 3 is 2.33 bits per heavy atom. The molecule has 27 heavy (non-hydrogen) atoms. The molecular formula is C26H31N. The van der Waals surface area contributed by atoms with E-state index in [1.165, 1.54) is 28.1 Å². The molecule has 1 aliphatic heterocycles. The third-order valence-corrected chi connectivity index (χ3v) is 6.11. The van der Waals surface area contributed by atoms with Gasteiger partial charge in [0, 0.05) is 29.3 Å². The van der Waals surface area contributed by atoms with Crippen molar-refractivity contribution in [3.63, 3.8) is 0 Å². The lowest BCUT2D eigenvalue weighted by Crippen LogP contribution is -2.22. The van der Waals surface area contributed by atoms with Crippen molar-refractivity contribution in [3.05, 3.63) is 101 Å².